The number of ether oxygens (including phenoxy) is 1. The molecule has 5 nitrogen and oxygen atoms in total. The zero-order valence-corrected chi connectivity index (χ0v) is 11.4. The molecule has 5 heteroatoms. The van der Waals surface area contributed by atoms with Crippen LogP contribution in [0.3, 0.4) is 0 Å². The third-order valence-corrected chi connectivity index (χ3v) is 3.33. The van der Waals surface area contributed by atoms with Gasteiger partial charge >= 0.3 is 5.97 Å². The molecule has 0 atom stereocenters. The highest BCUT2D eigenvalue weighted by molar-refractivity contribution is 5.88. The summed E-state index contributed by atoms with van der Waals surface area (Å²) < 4.78 is 5.57. The highest BCUT2D eigenvalue weighted by Gasteiger charge is 2.25. The van der Waals surface area contributed by atoms with Gasteiger partial charge in [-0.15, -0.1) is 0 Å². The third kappa shape index (κ3) is 3.92. The van der Waals surface area contributed by atoms with Crippen molar-refractivity contribution in [3.8, 4) is 5.88 Å². The van der Waals surface area contributed by atoms with Crippen molar-refractivity contribution < 1.29 is 14.6 Å². The number of carboxylic acid groups (broad SMARTS) is 1. The molecule has 0 bridgehead atoms. The monoisotopic (exact) mass is 264 g/mol. The summed E-state index contributed by atoms with van der Waals surface area (Å²) in [5.74, 6) is -0.544. The smallest absolute Gasteiger partial charge is 0.335 e. The summed E-state index contributed by atoms with van der Waals surface area (Å²) in [5.41, 5.74) is 0.975. The summed E-state index contributed by atoms with van der Waals surface area (Å²) in [6.45, 7) is 3.32. The topological polar surface area (TPSA) is 62.7 Å². The first-order chi connectivity index (χ1) is 9.10. The fraction of sp³-hybridized carbons (Fsp3) is 0.571. The molecule has 2 rings (SSSR count). The van der Waals surface area contributed by atoms with E-state index >= 15 is 0 Å². The van der Waals surface area contributed by atoms with Crippen LogP contribution in [0.2, 0.25) is 0 Å². The molecule has 1 saturated carbocycles. The maximum Gasteiger partial charge on any atom is 0.335 e. The summed E-state index contributed by atoms with van der Waals surface area (Å²) >= 11 is 0. The van der Waals surface area contributed by atoms with E-state index < -0.39 is 5.97 Å². The number of aromatic nitrogens is 1. The molecule has 0 amide bonds. The van der Waals surface area contributed by atoms with E-state index in [0.29, 0.717) is 24.9 Å². The number of likely N-dealkylation sites (N-methyl/N-ethyl adjacent to an activating group) is 1. The molecule has 0 radical (unpaired) electrons. The van der Waals surface area contributed by atoms with Crippen molar-refractivity contribution in [2.24, 2.45) is 0 Å². The average Bonchev–Trinajstić information content (AvgIpc) is 3.22. The fourth-order valence-corrected chi connectivity index (χ4v) is 1.93. The number of aryl methyl sites for hydroxylation is 1. The van der Waals surface area contributed by atoms with E-state index in [-0.39, 0.29) is 5.56 Å². The largest absolute Gasteiger partial charge is 0.478 e. The molecule has 1 fully saturated rings. The Morgan fingerprint density at radius 3 is 2.84 bits per heavy atom. The lowest BCUT2D eigenvalue weighted by molar-refractivity contribution is 0.0696. The van der Waals surface area contributed by atoms with E-state index in [1.165, 1.54) is 18.9 Å². The van der Waals surface area contributed by atoms with Gasteiger partial charge in [-0.3, -0.25) is 0 Å². The second kappa shape index (κ2) is 6.02. The number of nitrogens with zero attached hydrogens (tertiary/aromatic N) is 2. The fourth-order valence-electron chi connectivity index (χ4n) is 1.93. The van der Waals surface area contributed by atoms with Gasteiger partial charge in [0.05, 0.1) is 5.56 Å². The van der Waals surface area contributed by atoms with Gasteiger partial charge in [0.2, 0.25) is 5.88 Å². The molecule has 104 valence electrons. The molecular weight excluding hydrogens is 244 g/mol. The van der Waals surface area contributed by atoms with Crippen LogP contribution in [0.4, 0.5) is 0 Å². The standard InChI is InChI=1S/C14H20N2O3/c1-3-11-8-10(14(17)18)9-13(15-11)19-7-6-16(2)12-4-5-12/h8-9,12H,3-7H2,1-2H3,(H,17,18). The predicted molar refractivity (Wildman–Crippen MR) is 71.7 cm³/mol. The Balaban J connectivity index is 1.94. The first-order valence-corrected chi connectivity index (χ1v) is 6.67. The van der Waals surface area contributed by atoms with Crippen molar-refractivity contribution in [1.29, 1.82) is 0 Å². The van der Waals surface area contributed by atoms with E-state index in [1.54, 1.807) is 6.07 Å². The Labute approximate surface area is 113 Å². The summed E-state index contributed by atoms with van der Waals surface area (Å²) in [4.78, 5) is 17.6. The van der Waals surface area contributed by atoms with Gasteiger partial charge in [-0.1, -0.05) is 6.92 Å². The van der Waals surface area contributed by atoms with Crippen LogP contribution >= 0.6 is 0 Å². The van der Waals surface area contributed by atoms with Crippen LogP contribution in [0.25, 0.3) is 0 Å². The van der Waals surface area contributed by atoms with E-state index in [4.69, 9.17) is 9.84 Å². The minimum atomic E-state index is -0.947. The van der Waals surface area contributed by atoms with Crippen LogP contribution in [-0.2, 0) is 6.42 Å². The highest BCUT2D eigenvalue weighted by Crippen LogP contribution is 2.24. The summed E-state index contributed by atoms with van der Waals surface area (Å²) in [5, 5.41) is 9.03. The van der Waals surface area contributed by atoms with Crippen LogP contribution in [0.1, 0.15) is 35.8 Å². The quantitative estimate of drug-likeness (QED) is 0.814. The van der Waals surface area contributed by atoms with E-state index in [2.05, 4.69) is 16.9 Å². The molecule has 1 heterocycles. The maximum atomic E-state index is 11.0. The van der Waals surface area contributed by atoms with Crippen molar-refractivity contribution in [3.63, 3.8) is 0 Å². The number of pyridine rings is 1. The van der Waals surface area contributed by atoms with Gasteiger partial charge in [0.25, 0.3) is 0 Å². The molecule has 0 aliphatic heterocycles. The Hall–Kier alpha value is -1.62. The Morgan fingerprint density at radius 1 is 1.53 bits per heavy atom. The summed E-state index contributed by atoms with van der Waals surface area (Å²) in [6, 6.07) is 3.78. The number of hydrogen-bond donors (Lipinski definition) is 1. The third-order valence-electron chi connectivity index (χ3n) is 3.33. The minimum Gasteiger partial charge on any atom is -0.478 e. The maximum absolute atomic E-state index is 11.0. The molecule has 1 aliphatic rings. The first kappa shape index (κ1) is 13.8. The number of aromatic carboxylic acids is 1. The van der Waals surface area contributed by atoms with Gasteiger partial charge in [0, 0.05) is 24.3 Å². The lowest BCUT2D eigenvalue weighted by Crippen LogP contribution is -2.26. The van der Waals surface area contributed by atoms with Crippen LogP contribution in [-0.4, -0.2) is 47.2 Å². The molecule has 0 aromatic carbocycles. The number of carbonyl (C=O) groups is 1. The molecule has 1 aromatic heterocycles. The lowest BCUT2D eigenvalue weighted by atomic mass is 10.2. The molecule has 0 saturated heterocycles. The van der Waals surface area contributed by atoms with E-state index in [9.17, 15) is 4.79 Å². The van der Waals surface area contributed by atoms with Crippen LogP contribution in [0.5, 0.6) is 5.88 Å². The molecular formula is C14H20N2O3. The minimum absolute atomic E-state index is 0.234. The number of rotatable bonds is 7. The molecule has 1 N–H and O–H groups in total. The normalized spacial score (nSPS) is 14.7. The Morgan fingerprint density at radius 2 is 2.26 bits per heavy atom. The van der Waals surface area contributed by atoms with E-state index in [1.807, 2.05) is 6.92 Å². The van der Waals surface area contributed by atoms with Crippen molar-refractivity contribution in [3.05, 3.63) is 23.4 Å². The van der Waals surface area contributed by atoms with Crippen LogP contribution < -0.4 is 4.74 Å². The van der Waals surface area contributed by atoms with E-state index in [0.717, 1.165) is 12.2 Å². The molecule has 19 heavy (non-hydrogen) atoms. The zero-order valence-electron chi connectivity index (χ0n) is 11.4. The van der Waals surface area contributed by atoms with Crippen molar-refractivity contribution in [2.75, 3.05) is 20.2 Å². The lowest BCUT2D eigenvalue weighted by Gasteiger charge is -2.15. The SMILES string of the molecule is CCc1cc(C(=O)O)cc(OCCN(C)C2CC2)n1. The van der Waals surface area contributed by atoms with Gasteiger partial charge in [-0.25, -0.2) is 9.78 Å². The van der Waals surface area contributed by atoms with Gasteiger partial charge in [0.1, 0.15) is 6.61 Å². The van der Waals surface area contributed by atoms with Crippen molar-refractivity contribution in [2.45, 2.75) is 32.2 Å². The second-order valence-corrected chi connectivity index (χ2v) is 4.90. The summed E-state index contributed by atoms with van der Waals surface area (Å²) in [6.07, 6.45) is 3.23. The molecule has 1 aromatic rings. The number of carboxylic acids is 1. The predicted octanol–water partition coefficient (Wildman–Crippen LogP) is 1.82. The second-order valence-electron chi connectivity index (χ2n) is 4.90. The first-order valence-electron chi connectivity index (χ1n) is 6.67. The van der Waals surface area contributed by atoms with Crippen LogP contribution in [0, 0.1) is 0 Å². The van der Waals surface area contributed by atoms with Gasteiger partial charge in [-0.2, -0.15) is 0 Å². The average molecular weight is 264 g/mol. The highest BCUT2D eigenvalue weighted by atomic mass is 16.5. The number of hydrogen-bond acceptors (Lipinski definition) is 4. The summed E-state index contributed by atoms with van der Waals surface area (Å²) in [7, 11) is 2.08. The molecule has 0 unspecified atom stereocenters. The van der Waals surface area contributed by atoms with Crippen LogP contribution in [0.15, 0.2) is 12.1 Å². The Kier molecular flexibility index (Phi) is 4.37. The molecule has 1 aliphatic carbocycles. The van der Waals surface area contributed by atoms with Gasteiger partial charge in [-0.05, 0) is 32.4 Å². The zero-order chi connectivity index (χ0) is 13.8. The Bertz CT molecular complexity index is 458. The van der Waals surface area contributed by atoms with Gasteiger partial charge in [0.15, 0.2) is 0 Å². The van der Waals surface area contributed by atoms with Crippen molar-refractivity contribution >= 4 is 5.97 Å². The van der Waals surface area contributed by atoms with Gasteiger partial charge < -0.3 is 14.7 Å². The molecule has 0 spiro atoms. The van der Waals surface area contributed by atoms with Crippen molar-refractivity contribution in [1.82, 2.24) is 9.88 Å².